The lowest BCUT2D eigenvalue weighted by Crippen LogP contribution is -2.31. The number of hydrogen-bond acceptors (Lipinski definition) is 3. The van der Waals surface area contributed by atoms with Crippen molar-refractivity contribution >= 4 is 25.6 Å². The number of rotatable bonds is 5. The third-order valence-corrected chi connectivity index (χ3v) is 3.49. The molecule has 0 radical (unpaired) electrons. The Balaban J connectivity index is 2.53. The van der Waals surface area contributed by atoms with Crippen LogP contribution in [0.25, 0.3) is 0 Å². The zero-order chi connectivity index (χ0) is 13.8. The first-order valence-corrected chi connectivity index (χ1v) is 7.21. The molecule has 8 heteroatoms. The summed E-state index contributed by atoms with van der Waals surface area (Å²) in [5.41, 5.74) is 0.702. The molecular weight excluding hydrogens is 288 g/mol. The van der Waals surface area contributed by atoms with E-state index in [-0.39, 0.29) is 11.4 Å². The van der Waals surface area contributed by atoms with Crippen molar-refractivity contribution in [1.82, 2.24) is 5.32 Å². The standard InChI is InChI=1S/C10H10ClF2NO3S/c11-18(16,17)8-3-1-7(2-4-8)5-6-14-10(15)9(12)13/h1-4,9H,5-6H2,(H,14,15). The smallest absolute Gasteiger partial charge is 0.315 e. The lowest BCUT2D eigenvalue weighted by atomic mass is 10.1. The zero-order valence-corrected chi connectivity index (χ0v) is 10.6. The van der Waals surface area contributed by atoms with Gasteiger partial charge in [-0.2, -0.15) is 8.78 Å². The first-order chi connectivity index (χ1) is 8.30. The van der Waals surface area contributed by atoms with Crippen LogP contribution in [0, 0.1) is 0 Å². The maximum atomic E-state index is 11.8. The SMILES string of the molecule is O=C(NCCc1ccc(S(=O)(=O)Cl)cc1)C(F)F. The van der Waals surface area contributed by atoms with Gasteiger partial charge in [-0.15, -0.1) is 0 Å². The highest BCUT2D eigenvalue weighted by Gasteiger charge is 2.13. The molecule has 4 nitrogen and oxygen atoms in total. The minimum atomic E-state index is -3.76. The topological polar surface area (TPSA) is 63.2 Å². The normalized spacial score (nSPS) is 11.6. The molecule has 0 aliphatic rings. The molecule has 1 rings (SSSR count). The Hall–Kier alpha value is -1.21. The number of alkyl halides is 2. The summed E-state index contributed by atoms with van der Waals surface area (Å²) in [4.78, 5) is 10.5. The molecule has 0 aromatic heterocycles. The van der Waals surface area contributed by atoms with E-state index in [0.29, 0.717) is 12.0 Å². The second kappa shape index (κ2) is 6.10. The highest BCUT2D eigenvalue weighted by Crippen LogP contribution is 2.15. The van der Waals surface area contributed by atoms with Gasteiger partial charge in [0.1, 0.15) is 0 Å². The van der Waals surface area contributed by atoms with Gasteiger partial charge in [0, 0.05) is 17.2 Å². The number of amides is 1. The van der Waals surface area contributed by atoms with Crippen LogP contribution in [0.15, 0.2) is 29.2 Å². The van der Waals surface area contributed by atoms with Crippen molar-refractivity contribution in [2.45, 2.75) is 17.7 Å². The molecular formula is C10H10ClF2NO3S. The maximum absolute atomic E-state index is 11.8. The van der Waals surface area contributed by atoms with E-state index in [4.69, 9.17) is 10.7 Å². The fraction of sp³-hybridized carbons (Fsp3) is 0.300. The van der Waals surface area contributed by atoms with Gasteiger partial charge >= 0.3 is 6.43 Å². The van der Waals surface area contributed by atoms with E-state index < -0.39 is 21.4 Å². The lowest BCUT2D eigenvalue weighted by Gasteiger charge is -2.05. The van der Waals surface area contributed by atoms with Gasteiger partial charge in [0.2, 0.25) is 0 Å². The van der Waals surface area contributed by atoms with E-state index in [9.17, 15) is 22.0 Å². The largest absolute Gasteiger partial charge is 0.351 e. The van der Waals surface area contributed by atoms with Crippen molar-refractivity contribution in [2.75, 3.05) is 6.54 Å². The number of benzene rings is 1. The Labute approximate surface area is 107 Å². The van der Waals surface area contributed by atoms with Crippen LogP contribution < -0.4 is 5.32 Å². The summed E-state index contributed by atoms with van der Waals surface area (Å²) in [5.74, 6) is -1.32. The first-order valence-electron chi connectivity index (χ1n) is 4.90. The van der Waals surface area contributed by atoms with E-state index in [1.807, 2.05) is 5.32 Å². The zero-order valence-electron chi connectivity index (χ0n) is 9.07. The number of hydrogen-bond donors (Lipinski definition) is 1. The van der Waals surface area contributed by atoms with E-state index in [0.717, 1.165) is 0 Å². The van der Waals surface area contributed by atoms with Crippen LogP contribution in [-0.2, 0) is 20.3 Å². The molecule has 0 unspecified atom stereocenters. The molecule has 1 N–H and O–H groups in total. The quantitative estimate of drug-likeness (QED) is 0.839. The highest BCUT2D eigenvalue weighted by atomic mass is 35.7. The van der Waals surface area contributed by atoms with E-state index in [2.05, 4.69) is 0 Å². The monoisotopic (exact) mass is 297 g/mol. The molecule has 1 aromatic rings. The van der Waals surface area contributed by atoms with Crippen LogP contribution in [0.4, 0.5) is 8.78 Å². The van der Waals surface area contributed by atoms with Crippen LogP contribution >= 0.6 is 10.7 Å². The van der Waals surface area contributed by atoms with Gasteiger partial charge in [0.15, 0.2) is 0 Å². The Morgan fingerprint density at radius 2 is 1.83 bits per heavy atom. The average Bonchev–Trinajstić information content (AvgIpc) is 2.28. The van der Waals surface area contributed by atoms with Crippen LogP contribution in [0.1, 0.15) is 5.56 Å². The number of carbonyl (C=O) groups is 1. The summed E-state index contributed by atoms with van der Waals surface area (Å²) in [6.07, 6.45) is -2.71. The van der Waals surface area contributed by atoms with Crippen LogP contribution in [0.2, 0.25) is 0 Å². The van der Waals surface area contributed by atoms with Gasteiger partial charge in [-0.1, -0.05) is 12.1 Å². The van der Waals surface area contributed by atoms with Crippen molar-refractivity contribution in [1.29, 1.82) is 0 Å². The molecule has 0 fully saturated rings. The molecule has 0 saturated heterocycles. The summed E-state index contributed by atoms with van der Waals surface area (Å²) >= 11 is 0. The summed E-state index contributed by atoms with van der Waals surface area (Å²) in [6.45, 7) is 0.0517. The lowest BCUT2D eigenvalue weighted by molar-refractivity contribution is -0.131. The van der Waals surface area contributed by atoms with Crippen molar-refractivity contribution in [3.8, 4) is 0 Å². The second-order valence-electron chi connectivity index (χ2n) is 3.42. The molecule has 0 aliphatic heterocycles. The van der Waals surface area contributed by atoms with Crippen molar-refractivity contribution in [2.24, 2.45) is 0 Å². The van der Waals surface area contributed by atoms with Gasteiger partial charge in [0.25, 0.3) is 15.0 Å². The Bertz CT molecular complexity index is 516. The second-order valence-corrected chi connectivity index (χ2v) is 5.99. The molecule has 1 aromatic carbocycles. The third kappa shape index (κ3) is 4.58. The number of halogens is 3. The van der Waals surface area contributed by atoms with Gasteiger partial charge in [-0.05, 0) is 24.1 Å². The predicted octanol–water partition coefficient (Wildman–Crippen LogP) is 1.54. The van der Waals surface area contributed by atoms with Crippen molar-refractivity contribution < 1.29 is 22.0 Å². The summed E-state index contributed by atoms with van der Waals surface area (Å²) in [5, 5.41) is 2.04. The molecule has 18 heavy (non-hydrogen) atoms. The molecule has 0 heterocycles. The minimum Gasteiger partial charge on any atom is -0.351 e. The molecule has 0 spiro atoms. The highest BCUT2D eigenvalue weighted by molar-refractivity contribution is 8.13. The molecule has 0 aliphatic carbocycles. The summed E-state index contributed by atoms with van der Waals surface area (Å²) < 4.78 is 45.6. The Kier molecular flexibility index (Phi) is 5.03. The van der Waals surface area contributed by atoms with Crippen LogP contribution in [0.5, 0.6) is 0 Å². The van der Waals surface area contributed by atoms with E-state index in [1.165, 1.54) is 24.3 Å². The number of carbonyl (C=O) groups excluding carboxylic acids is 1. The predicted molar refractivity (Wildman–Crippen MR) is 62.2 cm³/mol. The van der Waals surface area contributed by atoms with Crippen molar-refractivity contribution in [3.05, 3.63) is 29.8 Å². The maximum Gasteiger partial charge on any atom is 0.315 e. The van der Waals surface area contributed by atoms with E-state index >= 15 is 0 Å². The molecule has 0 bridgehead atoms. The summed E-state index contributed by atoms with van der Waals surface area (Å²) in [7, 11) is 1.36. The van der Waals surface area contributed by atoms with Crippen molar-refractivity contribution in [3.63, 3.8) is 0 Å². The fourth-order valence-electron chi connectivity index (χ4n) is 1.23. The van der Waals surface area contributed by atoms with E-state index in [1.54, 1.807) is 0 Å². The molecule has 1 amide bonds. The third-order valence-electron chi connectivity index (χ3n) is 2.12. The summed E-state index contributed by atoms with van der Waals surface area (Å²) in [6, 6.07) is 5.63. The van der Waals surface area contributed by atoms with Gasteiger partial charge in [-0.25, -0.2) is 8.42 Å². The van der Waals surface area contributed by atoms with Crippen LogP contribution in [0.3, 0.4) is 0 Å². The minimum absolute atomic E-state index is 0.0375. The molecule has 0 atom stereocenters. The Morgan fingerprint density at radius 3 is 2.28 bits per heavy atom. The number of nitrogens with one attached hydrogen (secondary N) is 1. The van der Waals surface area contributed by atoms with Gasteiger partial charge in [0.05, 0.1) is 4.90 Å². The Morgan fingerprint density at radius 1 is 1.28 bits per heavy atom. The van der Waals surface area contributed by atoms with Gasteiger partial charge < -0.3 is 5.32 Å². The van der Waals surface area contributed by atoms with Crippen LogP contribution in [-0.4, -0.2) is 27.3 Å². The van der Waals surface area contributed by atoms with Gasteiger partial charge in [-0.3, -0.25) is 4.79 Å². The molecule has 0 saturated carbocycles. The fourth-order valence-corrected chi connectivity index (χ4v) is 2.00. The average molecular weight is 298 g/mol. The first kappa shape index (κ1) is 14.8. The molecule has 100 valence electrons.